The van der Waals surface area contributed by atoms with Crippen LogP contribution in [0.4, 0.5) is 0 Å². The van der Waals surface area contributed by atoms with Gasteiger partial charge in [-0.15, -0.1) is 0 Å². The number of fused-ring (bicyclic) bond motifs is 2. The Balaban J connectivity index is 0.000000176. The lowest BCUT2D eigenvalue weighted by Gasteiger charge is -2.26. The molecule has 2 fully saturated rings. The van der Waals surface area contributed by atoms with Crippen LogP contribution in [-0.4, -0.2) is 112 Å². The van der Waals surface area contributed by atoms with Crippen molar-refractivity contribution in [2.24, 2.45) is 0 Å². The number of hydrogen-bond donors (Lipinski definition) is 1. The molecule has 2 aliphatic rings. The smallest absolute Gasteiger partial charge is 0.337 e. The standard InChI is InChI=1S/C23H26N2O4.C19H17NO4.C4H9NO/c1-27-23(26)20-6-5-19-7-8-25(22(19)16-20)11-14-29-21-4-2-3-18(15-21)17-24-9-12-28-13-10-24;1-23-19(22)16-6-5-15-7-8-20(18(15)12-16)9-10-24-17-4-2-3-14(11-17)13-21;1-3-6-4-2-5-1/h2-8,15-16H,9-14,17H2,1H3;2-8,11-13H,9-10H2,1H3;5H,1-4H2. The third kappa shape index (κ3) is 12.5. The zero-order valence-electron chi connectivity index (χ0n) is 33.7. The van der Waals surface area contributed by atoms with Crippen LogP contribution in [0.2, 0.25) is 0 Å². The Labute approximate surface area is 344 Å². The molecule has 4 heterocycles. The first-order valence-corrected chi connectivity index (χ1v) is 19.8. The highest BCUT2D eigenvalue weighted by molar-refractivity contribution is 5.95. The van der Waals surface area contributed by atoms with Crippen molar-refractivity contribution < 1.29 is 42.8 Å². The van der Waals surface area contributed by atoms with E-state index in [2.05, 4.69) is 26.9 Å². The molecule has 2 aliphatic heterocycles. The first-order chi connectivity index (χ1) is 28.9. The summed E-state index contributed by atoms with van der Waals surface area (Å²) in [5, 5.41) is 5.29. The monoisotopic (exact) mass is 804 g/mol. The molecule has 1 N–H and O–H groups in total. The fraction of sp³-hybridized carbons (Fsp3) is 0.326. The SMILES string of the molecule is C1COCCN1.COC(=O)c1ccc2ccn(CCOc3cccc(C=O)c3)c2c1.COC(=O)c1ccc2ccn(CCOc3cccc(CN4CCOCC4)c3)c2c1. The van der Waals surface area contributed by atoms with Gasteiger partial charge in [-0.05, 0) is 77.0 Å². The van der Waals surface area contributed by atoms with Crippen molar-refractivity contribution in [3.8, 4) is 11.5 Å². The number of aromatic nitrogens is 2. The fourth-order valence-corrected chi connectivity index (χ4v) is 6.72. The van der Waals surface area contributed by atoms with Gasteiger partial charge in [-0.25, -0.2) is 9.59 Å². The van der Waals surface area contributed by atoms with Crippen LogP contribution in [-0.2, 0) is 38.6 Å². The molecule has 8 rings (SSSR count). The zero-order chi connectivity index (χ0) is 41.2. The second kappa shape index (κ2) is 22.2. The lowest BCUT2D eigenvalue weighted by atomic mass is 10.1. The van der Waals surface area contributed by atoms with Gasteiger partial charge in [-0.2, -0.15) is 0 Å². The summed E-state index contributed by atoms with van der Waals surface area (Å²) in [6, 6.07) is 30.4. The van der Waals surface area contributed by atoms with Crippen molar-refractivity contribution in [3.63, 3.8) is 0 Å². The molecule has 0 atom stereocenters. The summed E-state index contributed by atoms with van der Waals surface area (Å²) in [4.78, 5) is 36.6. The number of carbonyl (C=O) groups excluding carboxylic acids is 3. The molecule has 310 valence electrons. The maximum absolute atomic E-state index is 11.8. The number of nitrogens with one attached hydrogen (secondary N) is 1. The second-order valence-corrected chi connectivity index (χ2v) is 13.8. The van der Waals surface area contributed by atoms with Gasteiger partial charge in [0.2, 0.25) is 0 Å². The van der Waals surface area contributed by atoms with Crippen molar-refractivity contribution in [1.82, 2.24) is 19.4 Å². The van der Waals surface area contributed by atoms with Gasteiger partial charge in [0.25, 0.3) is 0 Å². The minimum absolute atomic E-state index is 0.326. The lowest BCUT2D eigenvalue weighted by Crippen LogP contribution is -2.35. The molecule has 0 spiro atoms. The summed E-state index contributed by atoms with van der Waals surface area (Å²) in [6.07, 6.45) is 4.77. The third-order valence-electron chi connectivity index (χ3n) is 9.84. The molecular formula is C46H52N4O9. The number of rotatable bonds is 13. The predicted octanol–water partition coefficient (Wildman–Crippen LogP) is 6.26. The Morgan fingerprint density at radius 2 is 1.20 bits per heavy atom. The van der Waals surface area contributed by atoms with Gasteiger partial charge in [-0.1, -0.05) is 36.4 Å². The highest BCUT2D eigenvalue weighted by Crippen LogP contribution is 2.21. The van der Waals surface area contributed by atoms with E-state index < -0.39 is 0 Å². The fourth-order valence-electron chi connectivity index (χ4n) is 6.72. The number of hydrogen-bond acceptors (Lipinski definition) is 11. The number of aldehydes is 1. The average Bonchev–Trinajstić information content (AvgIpc) is 3.90. The van der Waals surface area contributed by atoms with Crippen LogP contribution >= 0.6 is 0 Å². The van der Waals surface area contributed by atoms with Crippen LogP contribution in [0.25, 0.3) is 21.8 Å². The van der Waals surface area contributed by atoms with Crippen LogP contribution in [0.5, 0.6) is 11.5 Å². The van der Waals surface area contributed by atoms with Crippen LogP contribution in [0.3, 0.4) is 0 Å². The van der Waals surface area contributed by atoms with E-state index in [1.54, 1.807) is 30.3 Å². The first-order valence-electron chi connectivity index (χ1n) is 19.8. The maximum Gasteiger partial charge on any atom is 0.337 e. The van der Waals surface area contributed by atoms with Gasteiger partial charge >= 0.3 is 11.9 Å². The van der Waals surface area contributed by atoms with Gasteiger partial charge in [0.05, 0.1) is 64.9 Å². The molecule has 13 nitrogen and oxygen atoms in total. The molecule has 0 amide bonds. The maximum atomic E-state index is 11.8. The Kier molecular flexibility index (Phi) is 16.1. The van der Waals surface area contributed by atoms with Crippen molar-refractivity contribution >= 4 is 40.0 Å². The molecule has 13 heteroatoms. The number of ether oxygens (including phenoxy) is 6. The summed E-state index contributed by atoms with van der Waals surface area (Å²) >= 11 is 0. The van der Waals surface area contributed by atoms with Gasteiger partial charge < -0.3 is 42.9 Å². The normalized spacial score (nSPS) is 14.0. The summed E-state index contributed by atoms with van der Waals surface area (Å²) < 4.78 is 35.8. The topological polar surface area (TPSA) is 132 Å². The Hall–Kier alpha value is -5.99. The largest absolute Gasteiger partial charge is 0.492 e. The summed E-state index contributed by atoms with van der Waals surface area (Å²) in [7, 11) is 2.76. The van der Waals surface area contributed by atoms with E-state index in [9.17, 15) is 14.4 Å². The molecule has 2 saturated heterocycles. The Bertz CT molecular complexity index is 2260. The number of nitrogens with zero attached hydrogens (tertiary/aromatic N) is 3. The molecule has 4 aromatic carbocycles. The van der Waals surface area contributed by atoms with E-state index >= 15 is 0 Å². The van der Waals surface area contributed by atoms with Crippen molar-refractivity contribution in [2.75, 3.05) is 80.0 Å². The number of benzene rings is 4. The van der Waals surface area contributed by atoms with Crippen molar-refractivity contribution in [1.29, 1.82) is 0 Å². The lowest BCUT2D eigenvalue weighted by molar-refractivity contribution is 0.0341. The Morgan fingerprint density at radius 3 is 1.71 bits per heavy atom. The highest BCUT2D eigenvalue weighted by atomic mass is 16.5. The van der Waals surface area contributed by atoms with E-state index in [1.165, 1.54) is 19.8 Å². The summed E-state index contributed by atoms with van der Waals surface area (Å²) in [5.74, 6) is 0.855. The predicted molar refractivity (Wildman–Crippen MR) is 226 cm³/mol. The van der Waals surface area contributed by atoms with Gasteiger partial charge in [0.1, 0.15) is 31.0 Å². The molecule has 0 radical (unpaired) electrons. The van der Waals surface area contributed by atoms with Gasteiger partial charge in [0.15, 0.2) is 0 Å². The Morgan fingerprint density at radius 1 is 0.661 bits per heavy atom. The van der Waals surface area contributed by atoms with E-state index in [-0.39, 0.29) is 11.9 Å². The molecule has 2 aromatic heterocycles. The van der Waals surface area contributed by atoms with Crippen LogP contribution in [0.1, 0.15) is 36.6 Å². The molecule has 0 saturated carbocycles. The zero-order valence-corrected chi connectivity index (χ0v) is 33.7. The van der Waals surface area contributed by atoms with Gasteiger partial charge in [0, 0.05) is 61.7 Å². The van der Waals surface area contributed by atoms with Gasteiger partial charge in [-0.3, -0.25) is 9.69 Å². The molecule has 0 aliphatic carbocycles. The number of methoxy groups -OCH3 is 2. The minimum Gasteiger partial charge on any atom is -0.492 e. The van der Waals surface area contributed by atoms with Crippen LogP contribution in [0.15, 0.2) is 109 Å². The van der Waals surface area contributed by atoms with E-state index in [4.69, 9.17) is 28.4 Å². The van der Waals surface area contributed by atoms with E-state index in [1.807, 2.05) is 71.6 Å². The molecule has 59 heavy (non-hydrogen) atoms. The minimum atomic E-state index is -0.355. The van der Waals surface area contributed by atoms with Crippen LogP contribution < -0.4 is 14.8 Å². The van der Waals surface area contributed by atoms with E-state index in [0.717, 1.165) is 93.0 Å². The van der Waals surface area contributed by atoms with Crippen molar-refractivity contribution in [3.05, 3.63) is 132 Å². The van der Waals surface area contributed by atoms with Crippen molar-refractivity contribution in [2.45, 2.75) is 19.6 Å². The molecule has 0 bridgehead atoms. The number of esters is 2. The summed E-state index contributed by atoms with van der Waals surface area (Å²) in [5.41, 5.74) is 4.85. The molecule has 6 aromatic rings. The highest BCUT2D eigenvalue weighted by Gasteiger charge is 2.12. The van der Waals surface area contributed by atoms with Crippen LogP contribution in [0, 0.1) is 0 Å². The number of carbonyl (C=O) groups is 3. The average molecular weight is 805 g/mol. The van der Waals surface area contributed by atoms with E-state index in [0.29, 0.717) is 48.7 Å². The summed E-state index contributed by atoms with van der Waals surface area (Å²) in [6.45, 7) is 10.6. The number of morpholine rings is 2. The third-order valence-corrected chi connectivity index (χ3v) is 9.84. The molecular weight excluding hydrogens is 753 g/mol. The first kappa shape index (κ1) is 42.6. The molecule has 0 unspecified atom stereocenters. The second-order valence-electron chi connectivity index (χ2n) is 13.8. The quantitative estimate of drug-likeness (QED) is 0.105.